The summed E-state index contributed by atoms with van der Waals surface area (Å²) in [5.41, 5.74) is 1.10. The molecule has 2 rings (SSSR count). The van der Waals surface area contributed by atoms with Gasteiger partial charge in [0.05, 0.1) is 5.69 Å². The molecule has 2 nitrogen and oxygen atoms in total. The summed E-state index contributed by atoms with van der Waals surface area (Å²) in [6.07, 6.45) is 8.29. The first-order chi connectivity index (χ1) is 8.22. The van der Waals surface area contributed by atoms with E-state index in [0.717, 1.165) is 22.5 Å². The summed E-state index contributed by atoms with van der Waals surface area (Å²) in [7, 11) is 0. The highest BCUT2D eigenvalue weighted by Crippen LogP contribution is 2.28. The molecule has 4 heteroatoms. The minimum Gasteiger partial charge on any atom is -0.408 e. The molecule has 1 aromatic rings. The van der Waals surface area contributed by atoms with Crippen molar-refractivity contribution in [3.05, 3.63) is 27.7 Å². The van der Waals surface area contributed by atoms with Crippen LogP contribution in [0.15, 0.2) is 18.0 Å². The van der Waals surface area contributed by atoms with Crippen LogP contribution in [-0.2, 0) is 0 Å². The zero-order chi connectivity index (χ0) is 12.3. The second kappa shape index (κ2) is 5.83. The van der Waals surface area contributed by atoms with Crippen LogP contribution in [0.1, 0.15) is 37.8 Å². The predicted molar refractivity (Wildman–Crippen MR) is 75.0 cm³/mol. The molecule has 1 aliphatic carbocycles. The van der Waals surface area contributed by atoms with Crippen LogP contribution in [0.3, 0.4) is 0 Å². The molecule has 0 aromatic carbocycles. The Morgan fingerprint density at radius 1 is 1.59 bits per heavy atom. The van der Waals surface area contributed by atoms with E-state index in [1.807, 2.05) is 23.1 Å². The molecule has 1 aromatic heterocycles. The topological polar surface area (TPSA) is 14.2 Å². The molecule has 0 bridgehead atoms. The molecule has 1 saturated carbocycles. The van der Waals surface area contributed by atoms with Gasteiger partial charge in [-0.15, -0.1) is 17.9 Å². The average molecular weight is 269 g/mol. The second-order valence-electron chi connectivity index (χ2n) is 4.65. The van der Waals surface area contributed by atoms with Gasteiger partial charge in [-0.2, -0.15) is 4.73 Å². The number of aromatic nitrogens is 1. The first kappa shape index (κ1) is 12.8. The number of rotatable bonds is 4. The fourth-order valence-electron chi connectivity index (χ4n) is 2.43. The molecule has 0 N–H and O–H groups in total. The van der Waals surface area contributed by atoms with Gasteiger partial charge in [0, 0.05) is 11.3 Å². The molecular formula is C13H19NOS2. The second-order valence-corrected chi connectivity index (χ2v) is 6.15. The van der Waals surface area contributed by atoms with Crippen LogP contribution in [0, 0.1) is 16.8 Å². The van der Waals surface area contributed by atoms with E-state index in [4.69, 9.17) is 17.1 Å². The van der Waals surface area contributed by atoms with E-state index in [1.54, 1.807) is 11.3 Å². The number of nitrogens with zero attached hydrogens (tertiary/aromatic N) is 1. The van der Waals surface area contributed by atoms with Gasteiger partial charge in [-0.1, -0.05) is 12.5 Å². The van der Waals surface area contributed by atoms with Crippen LogP contribution in [-0.4, -0.2) is 10.8 Å². The maximum Gasteiger partial charge on any atom is 0.196 e. The minimum absolute atomic E-state index is 0.293. The molecule has 0 spiro atoms. The van der Waals surface area contributed by atoms with Crippen molar-refractivity contribution in [2.24, 2.45) is 5.92 Å². The van der Waals surface area contributed by atoms with E-state index >= 15 is 0 Å². The molecule has 0 unspecified atom stereocenters. The van der Waals surface area contributed by atoms with Gasteiger partial charge in [0.1, 0.15) is 6.10 Å². The van der Waals surface area contributed by atoms with E-state index in [0.29, 0.717) is 12.0 Å². The van der Waals surface area contributed by atoms with Crippen molar-refractivity contribution in [2.45, 2.75) is 45.1 Å². The summed E-state index contributed by atoms with van der Waals surface area (Å²) in [4.78, 5) is 6.10. The molecule has 2 atom stereocenters. The van der Waals surface area contributed by atoms with Crippen molar-refractivity contribution in [3.8, 4) is 0 Å². The Labute approximate surface area is 112 Å². The molecule has 1 aliphatic rings. The minimum atomic E-state index is 0.293. The monoisotopic (exact) mass is 269 g/mol. The number of thiazole rings is 1. The van der Waals surface area contributed by atoms with Crippen molar-refractivity contribution in [2.75, 3.05) is 0 Å². The van der Waals surface area contributed by atoms with E-state index in [9.17, 15) is 0 Å². The van der Waals surface area contributed by atoms with E-state index in [-0.39, 0.29) is 0 Å². The maximum absolute atomic E-state index is 6.10. The van der Waals surface area contributed by atoms with Crippen LogP contribution in [0.25, 0.3) is 0 Å². The Balaban J connectivity index is 2.10. The fraction of sp³-hybridized carbons (Fsp3) is 0.615. The zero-order valence-corrected chi connectivity index (χ0v) is 11.9. The van der Waals surface area contributed by atoms with E-state index in [2.05, 4.69) is 6.58 Å². The maximum atomic E-state index is 6.10. The summed E-state index contributed by atoms with van der Waals surface area (Å²) in [6, 6.07) is 0. The molecule has 0 aliphatic heterocycles. The normalized spacial score (nSPS) is 24.5. The first-order valence-corrected chi connectivity index (χ1v) is 7.46. The quantitative estimate of drug-likeness (QED) is 0.602. The van der Waals surface area contributed by atoms with Crippen molar-refractivity contribution in [3.63, 3.8) is 0 Å². The largest absolute Gasteiger partial charge is 0.408 e. The van der Waals surface area contributed by atoms with Gasteiger partial charge in [-0.25, -0.2) is 0 Å². The van der Waals surface area contributed by atoms with Crippen LogP contribution < -0.4 is 4.84 Å². The molecule has 0 amide bonds. The smallest absolute Gasteiger partial charge is 0.196 e. The molecule has 0 saturated heterocycles. The van der Waals surface area contributed by atoms with Crippen molar-refractivity contribution in [1.29, 1.82) is 0 Å². The Morgan fingerprint density at radius 2 is 2.35 bits per heavy atom. The predicted octanol–water partition coefficient (Wildman–Crippen LogP) is 4.15. The summed E-state index contributed by atoms with van der Waals surface area (Å²) >= 11 is 6.85. The van der Waals surface area contributed by atoms with Gasteiger partial charge < -0.3 is 4.84 Å². The van der Waals surface area contributed by atoms with Crippen LogP contribution >= 0.6 is 23.6 Å². The third-order valence-electron chi connectivity index (χ3n) is 3.37. The highest BCUT2D eigenvalue weighted by molar-refractivity contribution is 7.73. The lowest BCUT2D eigenvalue weighted by Crippen LogP contribution is -2.35. The average Bonchev–Trinajstić information content (AvgIpc) is 2.64. The van der Waals surface area contributed by atoms with Gasteiger partial charge in [0.2, 0.25) is 0 Å². The lowest BCUT2D eigenvalue weighted by molar-refractivity contribution is -0.0229. The number of aryl methyl sites for hydroxylation is 1. The Kier molecular flexibility index (Phi) is 4.40. The molecular weight excluding hydrogens is 250 g/mol. The summed E-state index contributed by atoms with van der Waals surface area (Å²) in [5.74, 6) is 0.599. The van der Waals surface area contributed by atoms with Crippen LogP contribution in [0.4, 0.5) is 0 Å². The van der Waals surface area contributed by atoms with Crippen molar-refractivity contribution < 1.29 is 4.84 Å². The third-order valence-corrected chi connectivity index (χ3v) is 4.65. The summed E-state index contributed by atoms with van der Waals surface area (Å²) < 4.78 is 2.64. The molecule has 0 radical (unpaired) electrons. The number of allylic oxidation sites excluding steroid dienone is 1. The third kappa shape index (κ3) is 2.99. The lowest BCUT2D eigenvalue weighted by Gasteiger charge is -2.31. The zero-order valence-electron chi connectivity index (χ0n) is 10.2. The van der Waals surface area contributed by atoms with E-state index < -0.39 is 0 Å². The van der Waals surface area contributed by atoms with Gasteiger partial charge in [0.25, 0.3) is 0 Å². The van der Waals surface area contributed by atoms with Gasteiger partial charge in [-0.3, -0.25) is 0 Å². The van der Waals surface area contributed by atoms with Gasteiger partial charge >= 0.3 is 0 Å². The number of hydrogen-bond donors (Lipinski definition) is 0. The molecule has 1 fully saturated rings. The number of hydrogen-bond acceptors (Lipinski definition) is 3. The van der Waals surface area contributed by atoms with Crippen LogP contribution in [0.2, 0.25) is 0 Å². The highest BCUT2D eigenvalue weighted by Gasteiger charge is 2.26. The summed E-state index contributed by atoms with van der Waals surface area (Å²) in [5, 5.41) is 2.05. The standard InChI is InChI=1S/C13H19NOS2/c1-3-6-11-7-4-5-8-12(11)15-14-10(2)9-17-13(14)16/h3,9,11-12H,1,4-8H2,2H3/t11-,12-/m0/s1. The highest BCUT2D eigenvalue weighted by atomic mass is 32.1. The Hall–Kier alpha value is -0.610. The molecule has 17 heavy (non-hydrogen) atoms. The lowest BCUT2D eigenvalue weighted by atomic mass is 9.84. The van der Waals surface area contributed by atoms with Crippen molar-refractivity contribution in [1.82, 2.24) is 4.73 Å². The Bertz CT molecular complexity index is 435. The van der Waals surface area contributed by atoms with E-state index in [1.165, 1.54) is 19.3 Å². The molecule has 1 heterocycles. The summed E-state index contributed by atoms with van der Waals surface area (Å²) in [6.45, 7) is 5.88. The fourth-order valence-corrected chi connectivity index (χ4v) is 3.41. The van der Waals surface area contributed by atoms with Gasteiger partial charge in [-0.05, 0) is 44.8 Å². The van der Waals surface area contributed by atoms with Crippen LogP contribution in [0.5, 0.6) is 0 Å². The first-order valence-electron chi connectivity index (χ1n) is 6.17. The molecule has 94 valence electrons. The SMILES string of the molecule is C=CC[C@H]1CCCC[C@@H]1On1c(C)csc1=S. The van der Waals surface area contributed by atoms with Gasteiger partial charge in [0.15, 0.2) is 3.95 Å². The van der Waals surface area contributed by atoms with Crippen molar-refractivity contribution >= 4 is 23.6 Å². The Morgan fingerprint density at radius 3 is 3.00 bits per heavy atom.